The van der Waals surface area contributed by atoms with Gasteiger partial charge in [-0.05, 0) is 33.1 Å². The average molecular weight is 211 g/mol. The summed E-state index contributed by atoms with van der Waals surface area (Å²) in [5.74, 6) is -0.257. The van der Waals surface area contributed by atoms with Crippen LogP contribution in [0.1, 0.15) is 33.1 Å². The fourth-order valence-electron chi connectivity index (χ4n) is 2.53. The summed E-state index contributed by atoms with van der Waals surface area (Å²) in [6.07, 6.45) is 3.83. The summed E-state index contributed by atoms with van der Waals surface area (Å²) in [5, 5.41) is 3.31. The predicted octanol–water partition coefficient (Wildman–Crippen LogP) is 0.0750. The fourth-order valence-corrected chi connectivity index (χ4v) is 2.53. The van der Waals surface area contributed by atoms with E-state index in [0.29, 0.717) is 12.1 Å². The molecular weight excluding hydrogens is 190 g/mol. The van der Waals surface area contributed by atoms with E-state index in [0.717, 1.165) is 19.0 Å². The summed E-state index contributed by atoms with van der Waals surface area (Å²) in [4.78, 5) is 13.5. The fraction of sp³-hybridized carbons (Fsp3) is 0.909. The van der Waals surface area contributed by atoms with Crippen LogP contribution in [0.2, 0.25) is 0 Å². The van der Waals surface area contributed by atoms with Crippen LogP contribution in [0.4, 0.5) is 0 Å². The lowest BCUT2D eigenvalue weighted by Gasteiger charge is -2.20. The van der Waals surface area contributed by atoms with Crippen LogP contribution in [-0.2, 0) is 4.79 Å². The SMILES string of the molecule is CC(NC1CC(C)N(C2CC2)C1)C(N)=O. The molecule has 2 aliphatic rings. The number of nitrogens with zero attached hydrogens (tertiary/aromatic N) is 1. The number of nitrogens with one attached hydrogen (secondary N) is 1. The second-order valence-corrected chi connectivity index (χ2v) is 5.00. The number of amides is 1. The van der Waals surface area contributed by atoms with Crippen molar-refractivity contribution in [3.63, 3.8) is 0 Å². The Balaban J connectivity index is 1.83. The second kappa shape index (κ2) is 4.10. The first-order valence-corrected chi connectivity index (χ1v) is 5.89. The quantitative estimate of drug-likeness (QED) is 0.692. The molecule has 3 N–H and O–H groups in total. The number of nitrogens with two attached hydrogens (primary N) is 1. The molecule has 1 aliphatic carbocycles. The Morgan fingerprint density at radius 1 is 1.53 bits per heavy atom. The van der Waals surface area contributed by atoms with Gasteiger partial charge in [0.2, 0.25) is 5.91 Å². The second-order valence-electron chi connectivity index (χ2n) is 5.00. The lowest BCUT2D eigenvalue weighted by Crippen LogP contribution is -2.45. The van der Waals surface area contributed by atoms with Crippen LogP contribution in [0.25, 0.3) is 0 Å². The van der Waals surface area contributed by atoms with Gasteiger partial charge in [-0.1, -0.05) is 0 Å². The zero-order valence-electron chi connectivity index (χ0n) is 9.57. The molecule has 1 amide bonds. The van der Waals surface area contributed by atoms with Gasteiger partial charge in [0.25, 0.3) is 0 Å². The molecule has 4 heteroatoms. The maximum absolute atomic E-state index is 10.9. The summed E-state index contributed by atoms with van der Waals surface area (Å²) in [5.41, 5.74) is 5.24. The van der Waals surface area contributed by atoms with Crippen molar-refractivity contribution in [3.05, 3.63) is 0 Å². The largest absolute Gasteiger partial charge is 0.368 e. The van der Waals surface area contributed by atoms with Gasteiger partial charge in [-0.15, -0.1) is 0 Å². The third-order valence-electron chi connectivity index (χ3n) is 3.55. The topological polar surface area (TPSA) is 58.4 Å². The number of carbonyl (C=O) groups excluding carboxylic acids is 1. The zero-order valence-corrected chi connectivity index (χ0v) is 9.57. The van der Waals surface area contributed by atoms with Crippen LogP contribution in [0.15, 0.2) is 0 Å². The zero-order chi connectivity index (χ0) is 11.0. The van der Waals surface area contributed by atoms with Crippen molar-refractivity contribution in [2.75, 3.05) is 6.54 Å². The van der Waals surface area contributed by atoms with Crippen LogP contribution >= 0.6 is 0 Å². The van der Waals surface area contributed by atoms with Crippen LogP contribution in [0.5, 0.6) is 0 Å². The van der Waals surface area contributed by atoms with Gasteiger partial charge >= 0.3 is 0 Å². The number of rotatable bonds is 4. The molecule has 1 aliphatic heterocycles. The van der Waals surface area contributed by atoms with E-state index in [9.17, 15) is 4.79 Å². The van der Waals surface area contributed by atoms with Crippen molar-refractivity contribution >= 4 is 5.91 Å². The van der Waals surface area contributed by atoms with E-state index in [4.69, 9.17) is 5.73 Å². The molecule has 1 saturated carbocycles. The standard InChI is InChI=1S/C11H21N3O/c1-7-5-9(13-8(2)11(12)15)6-14(7)10-3-4-10/h7-10,13H,3-6H2,1-2H3,(H2,12,15). The minimum absolute atomic E-state index is 0.207. The molecule has 0 radical (unpaired) electrons. The highest BCUT2D eigenvalue weighted by Crippen LogP contribution is 2.33. The molecule has 2 rings (SSSR count). The molecule has 0 bridgehead atoms. The minimum atomic E-state index is -0.257. The molecular formula is C11H21N3O. The predicted molar refractivity (Wildman–Crippen MR) is 59.4 cm³/mol. The van der Waals surface area contributed by atoms with Crippen LogP contribution in [0.3, 0.4) is 0 Å². The van der Waals surface area contributed by atoms with Gasteiger partial charge in [-0.3, -0.25) is 9.69 Å². The average Bonchev–Trinajstić information content (AvgIpc) is 2.92. The Kier molecular flexibility index (Phi) is 2.98. The molecule has 86 valence electrons. The van der Waals surface area contributed by atoms with Gasteiger partial charge in [0.15, 0.2) is 0 Å². The maximum atomic E-state index is 10.9. The molecule has 1 saturated heterocycles. The lowest BCUT2D eigenvalue weighted by molar-refractivity contribution is -0.119. The number of likely N-dealkylation sites (tertiary alicyclic amines) is 1. The molecule has 3 atom stereocenters. The summed E-state index contributed by atoms with van der Waals surface area (Å²) in [6, 6.07) is 1.69. The van der Waals surface area contributed by atoms with Gasteiger partial charge in [-0.2, -0.15) is 0 Å². The van der Waals surface area contributed by atoms with E-state index in [1.54, 1.807) is 0 Å². The molecule has 3 unspecified atom stereocenters. The molecule has 1 heterocycles. The van der Waals surface area contributed by atoms with Crippen LogP contribution in [0, 0.1) is 0 Å². The Hall–Kier alpha value is -0.610. The smallest absolute Gasteiger partial charge is 0.234 e. The summed E-state index contributed by atoms with van der Waals surface area (Å²) < 4.78 is 0. The monoisotopic (exact) mass is 211 g/mol. The first kappa shape index (κ1) is 10.9. The Bertz CT molecular complexity index is 252. The number of primary amides is 1. The maximum Gasteiger partial charge on any atom is 0.234 e. The van der Waals surface area contributed by atoms with Crippen molar-refractivity contribution in [2.45, 2.75) is 57.3 Å². The molecule has 15 heavy (non-hydrogen) atoms. The van der Waals surface area contributed by atoms with E-state index in [2.05, 4.69) is 17.1 Å². The van der Waals surface area contributed by atoms with E-state index in [1.807, 2.05) is 6.92 Å². The first-order valence-electron chi connectivity index (χ1n) is 5.89. The van der Waals surface area contributed by atoms with Crippen molar-refractivity contribution in [2.24, 2.45) is 5.73 Å². The molecule has 0 spiro atoms. The third-order valence-corrected chi connectivity index (χ3v) is 3.55. The van der Waals surface area contributed by atoms with Gasteiger partial charge in [0.05, 0.1) is 6.04 Å². The van der Waals surface area contributed by atoms with Crippen molar-refractivity contribution in [1.29, 1.82) is 0 Å². The lowest BCUT2D eigenvalue weighted by atomic mass is 10.1. The summed E-state index contributed by atoms with van der Waals surface area (Å²) in [7, 11) is 0. The summed E-state index contributed by atoms with van der Waals surface area (Å²) >= 11 is 0. The van der Waals surface area contributed by atoms with Crippen LogP contribution < -0.4 is 11.1 Å². The van der Waals surface area contributed by atoms with Gasteiger partial charge in [-0.25, -0.2) is 0 Å². The van der Waals surface area contributed by atoms with Crippen LogP contribution in [-0.4, -0.2) is 41.5 Å². The minimum Gasteiger partial charge on any atom is -0.368 e. The Morgan fingerprint density at radius 2 is 2.20 bits per heavy atom. The normalized spacial score (nSPS) is 34.3. The van der Waals surface area contributed by atoms with Crippen molar-refractivity contribution < 1.29 is 4.79 Å². The van der Waals surface area contributed by atoms with Crippen molar-refractivity contribution in [3.8, 4) is 0 Å². The first-order chi connectivity index (χ1) is 7.08. The van der Waals surface area contributed by atoms with Gasteiger partial charge < -0.3 is 11.1 Å². The number of carbonyl (C=O) groups is 1. The highest BCUT2D eigenvalue weighted by molar-refractivity contribution is 5.79. The van der Waals surface area contributed by atoms with Gasteiger partial charge in [0, 0.05) is 24.7 Å². The van der Waals surface area contributed by atoms with Gasteiger partial charge in [0.1, 0.15) is 0 Å². The highest BCUT2D eigenvalue weighted by Gasteiger charge is 2.39. The van der Waals surface area contributed by atoms with E-state index in [-0.39, 0.29) is 11.9 Å². The third kappa shape index (κ3) is 2.49. The Labute approximate surface area is 91.2 Å². The molecule has 2 fully saturated rings. The van der Waals surface area contributed by atoms with E-state index >= 15 is 0 Å². The number of hydrogen-bond acceptors (Lipinski definition) is 3. The molecule has 0 aromatic carbocycles. The number of hydrogen-bond donors (Lipinski definition) is 2. The molecule has 0 aromatic heterocycles. The van der Waals surface area contributed by atoms with E-state index < -0.39 is 0 Å². The van der Waals surface area contributed by atoms with Crippen molar-refractivity contribution in [1.82, 2.24) is 10.2 Å². The molecule has 0 aromatic rings. The Morgan fingerprint density at radius 3 is 2.73 bits per heavy atom. The van der Waals surface area contributed by atoms with E-state index in [1.165, 1.54) is 12.8 Å². The molecule has 4 nitrogen and oxygen atoms in total. The summed E-state index contributed by atoms with van der Waals surface area (Å²) in [6.45, 7) is 5.19. The highest BCUT2D eigenvalue weighted by atomic mass is 16.1.